The van der Waals surface area contributed by atoms with Crippen molar-refractivity contribution in [2.75, 3.05) is 6.67 Å². The van der Waals surface area contributed by atoms with Crippen molar-refractivity contribution in [1.82, 2.24) is 4.72 Å². The van der Waals surface area contributed by atoms with Gasteiger partial charge in [-0.3, -0.25) is 0 Å². The normalized spacial score (nSPS) is 16.7. The van der Waals surface area contributed by atoms with Crippen molar-refractivity contribution in [2.45, 2.75) is 37.0 Å². The molecular formula is C14H17F4NO3S. The summed E-state index contributed by atoms with van der Waals surface area (Å²) < 4.78 is 69.1. The number of benzene rings is 1. The molecule has 0 saturated heterocycles. The van der Waals surface area contributed by atoms with Gasteiger partial charge in [-0.1, -0.05) is 18.2 Å². The third-order valence-corrected chi connectivity index (χ3v) is 4.81. The molecule has 0 fully saturated rings. The predicted octanol–water partition coefficient (Wildman–Crippen LogP) is 2.76. The van der Waals surface area contributed by atoms with Crippen LogP contribution >= 0.6 is 0 Å². The van der Waals surface area contributed by atoms with Crippen LogP contribution in [0.4, 0.5) is 17.6 Å². The van der Waals surface area contributed by atoms with Crippen molar-refractivity contribution in [1.29, 1.82) is 0 Å². The first-order valence-corrected chi connectivity index (χ1v) is 7.67. The smallest absolute Gasteiger partial charge is 0.377 e. The Hall–Kier alpha value is -1.48. The number of hydrogen-bond donors (Lipinski definition) is 2. The number of carbonyl (C=O) groups is 1. The van der Waals surface area contributed by atoms with Gasteiger partial charge >= 0.3 is 11.9 Å². The minimum atomic E-state index is -4.75. The number of hydrogen-bond acceptors (Lipinski definition) is 2. The summed E-state index contributed by atoms with van der Waals surface area (Å²) in [6, 6.07) is 3.96. The second-order valence-electron chi connectivity index (χ2n) is 5.88. The molecule has 0 aliphatic heterocycles. The molecule has 23 heavy (non-hydrogen) atoms. The molecule has 0 aromatic heterocycles. The molecule has 0 aliphatic carbocycles. The first-order chi connectivity index (χ1) is 10.4. The highest BCUT2D eigenvalue weighted by atomic mass is 32.2. The number of aliphatic carboxylic acids is 1. The highest BCUT2D eigenvalue weighted by Crippen LogP contribution is 2.40. The van der Waals surface area contributed by atoms with Crippen molar-refractivity contribution >= 4 is 17.0 Å². The standard InChI is InChI=1S/C14H17F4NO3S/c1-12(2,3)23(22)19-13(8-15,14(17,18)11(20)21)9-6-4-5-7-10(9)16/h4-7,19H,8H2,1-3H3,(H,20,21)/t13-,23?/m1/s1. The molecule has 0 saturated carbocycles. The molecule has 2 N–H and O–H groups in total. The Morgan fingerprint density at radius 2 is 1.78 bits per heavy atom. The summed E-state index contributed by atoms with van der Waals surface area (Å²) in [4.78, 5) is 11.0. The third-order valence-electron chi connectivity index (χ3n) is 3.16. The molecule has 0 bridgehead atoms. The van der Waals surface area contributed by atoms with E-state index in [0.29, 0.717) is 0 Å². The van der Waals surface area contributed by atoms with Crippen molar-refractivity contribution in [2.24, 2.45) is 0 Å². The lowest BCUT2D eigenvalue weighted by Crippen LogP contribution is -2.63. The lowest BCUT2D eigenvalue weighted by atomic mass is 9.85. The largest absolute Gasteiger partial charge is 0.477 e. The zero-order chi connectivity index (χ0) is 18.1. The Kier molecular flexibility index (Phi) is 5.58. The van der Waals surface area contributed by atoms with Gasteiger partial charge in [0.2, 0.25) is 0 Å². The Balaban J connectivity index is 3.62. The van der Waals surface area contributed by atoms with Gasteiger partial charge in [0, 0.05) is 5.56 Å². The first kappa shape index (κ1) is 19.6. The van der Waals surface area contributed by atoms with Crippen LogP contribution in [0, 0.1) is 5.82 Å². The quantitative estimate of drug-likeness (QED) is 0.771. The number of rotatable bonds is 6. The minimum absolute atomic E-state index is 0.791. The molecule has 0 aliphatic rings. The maximum Gasteiger partial charge on any atom is 0.377 e. The van der Waals surface area contributed by atoms with E-state index in [0.717, 1.165) is 18.2 Å². The van der Waals surface area contributed by atoms with Gasteiger partial charge in [-0.2, -0.15) is 8.78 Å². The Morgan fingerprint density at radius 1 is 1.26 bits per heavy atom. The highest BCUT2D eigenvalue weighted by Gasteiger charge is 2.63. The first-order valence-electron chi connectivity index (χ1n) is 6.52. The highest BCUT2D eigenvalue weighted by molar-refractivity contribution is 7.84. The zero-order valence-corrected chi connectivity index (χ0v) is 13.5. The lowest BCUT2D eigenvalue weighted by Gasteiger charge is -2.38. The van der Waals surface area contributed by atoms with Gasteiger partial charge in [-0.25, -0.2) is 22.5 Å². The molecule has 0 heterocycles. The van der Waals surface area contributed by atoms with E-state index in [2.05, 4.69) is 0 Å². The van der Waals surface area contributed by atoms with Crippen molar-refractivity contribution in [3.63, 3.8) is 0 Å². The monoisotopic (exact) mass is 355 g/mol. The molecule has 1 rings (SSSR count). The van der Waals surface area contributed by atoms with E-state index in [4.69, 9.17) is 5.11 Å². The molecule has 4 nitrogen and oxygen atoms in total. The van der Waals surface area contributed by atoms with Crippen LogP contribution in [0.1, 0.15) is 26.3 Å². The van der Waals surface area contributed by atoms with Crippen LogP contribution in [0.5, 0.6) is 0 Å². The molecule has 0 amide bonds. The fourth-order valence-corrected chi connectivity index (χ4v) is 2.69. The van der Waals surface area contributed by atoms with E-state index in [1.165, 1.54) is 26.8 Å². The summed E-state index contributed by atoms with van der Waals surface area (Å²) >= 11 is 0. The second-order valence-corrected chi connectivity index (χ2v) is 7.85. The van der Waals surface area contributed by atoms with E-state index in [1.807, 2.05) is 4.72 Å². The minimum Gasteiger partial charge on any atom is -0.477 e. The van der Waals surface area contributed by atoms with E-state index in [9.17, 15) is 26.6 Å². The average Bonchev–Trinajstić information content (AvgIpc) is 2.43. The molecule has 2 atom stereocenters. The van der Waals surface area contributed by atoms with Gasteiger partial charge in [0.1, 0.15) is 12.5 Å². The van der Waals surface area contributed by atoms with E-state index in [1.54, 1.807) is 0 Å². The topological polar surface area (TPSA) is 66.4 Å². The van der Waals surface area contributed by atoms with Gasteiger partial charge < -0.3 is 5.11 Å². The van der Waals surface area contributed by atoms with Gasteiger partial charge in [0.05, 0.1) is 15.7 Å². The third kappa shape index (κ3) is 3.55. The van der Waals surface area contributed by atoms with Gasteiger partial charge in [-0.05, 0) is 26.8 Å². The van der Waals surface area contributed by atoms with E-state index in [-0.39, 0.29) is 0 Å². The summed E-state index contributed by atoms with van der Waals surface area (Å²) in [7, 11) is -2.28. The molecule has 130 valence electrons. The fourth-order valence-electron chi connectivity index (χ4n) is 1.77. The fraction of sp³-hybridized carbons (Fsp3) is 0.500. The van der Waals surface area contributed by atoms with Crippen LogP contribution in [0.2, 0.25) is 0 Å². The number of carboxylic acid groups (broad SMARTS) is 1. The number of alkyl halides is 3. The lowest BCUT2D eigenvalue weighted by molar-refractivity contribution is -0.180. The average molecular weight is 355 g/mol. The number of halogens is 4. The van der Waals surface area contributed by atoms with Gasteiger partial charge in [0.25, 0.3) is 0 Å². The number of carboxylic acids is 1. The molecule has 1 unspecified atom stereocenters. The molecular weight excluding hydrogens is 338 g/mol. The summed E-state index contributed by atoms with van der Waals surface area (Å²) in [5.74, 6) is -8.63. The Labute approximate surface area is 133 Å². The Morgan fingerprint density at radius 3 is 2.17 bits per heavy atom. The predicted molar refractivity (Wildman–Crippen MR) is 77.7 cm³/mol. The number of nitrogens with one attached hydrogen (secondary N) is 1. The van der Waals surface area contributed by atoms with Gasteiger partial charge in [-0.15, -0.1) is 0 Å². The van der Waals surface area contributed by atoms with Gasteiger partial charge in [0.15, 0.2) is 5.54 Å². The molecule has 1 aromatic carbocycles. The second kappa shape index (κ2) is 6.56. The summed E-state index contributed by atoms with van der Waals surface area (Å²) in [6.07, 6.45) is 0. The SMILES string of the molecule is CC(C)(C)S(=O)N[C@](CF)(c1ccccc1F)C(F)(F)C(=O)O. The van der Waals surface area contributed by atoms with Crippen LogP contribution in [0.3, 0.4) is 0 Å². The van der Waals surface area contributed by atoms with Crippen LogP contribution in [-0.2, 0) is 21.3 Å². The summed E-state index contributed by atoms with van der Waals surface area (Å²) in [6.45, 7) is 2.27. The van der Waals surface area contributed by atoms with Crippen molar-refractivity contribution < 1.29 is 31.7 Å². The van der Waals surface area contributed by atoms with Crippen LogP contribution in [0.25, 0.3) is 0 Å². The van der Waals surface area contributed by atoms with Crippen LogP contribution in [-0.4, -0.2) is 32.6 Å². The Bertz CT molecular complexity index is 618. The maximum atomic E-state index is 14.3. The van der Waals surface area contributed by atoms with E-state index >= 15 is 0 Å². The molecule has 1 aromatic rings. The molecule has 9 heteroatoms. The zero-order valence-electron chi connectivity index (χ0n) is 12.7. The summed E-state index contributed by atoms with van der Waals surface area (Å²) in [5, 5.41) is 8.80. The van der Waals surface area contributed by atoms with Crippen LogP contribution in [0.15, 0.2) is 24.3 Å². The van der Waals surface area contributed by atoms with Crippen molar-refractivity contribution in [3.05, 3.63) is 35.6 Å². The van der Waals surface area contributed by atoms with E-state index < -0.39 is 51.2 Å². The summed E-state index contributed by atoms with van der Waals surface area (Å²) in [5.41, 5.74) is -4.21. The maximum absolute atomic E-state index is 14.3. The molecule has 0 spiro atoms. The van der Waals surface area contributed by atoms with Crippen molar-refractivity contribution in [3.8, 4) is 0 Å². The molecule has 0 radical (unpaired) electrons. The van der Waals surface area contributed by atoms with Crippen LogP contribution < -0.4 is 4.72 Å².